The lowest BCUT2D eigenvalue weighted by Crippen LogP contribution is -2.15. The third kappa shape index (κ3) is 6.74. The molecule has 0 amide bonds. The van der Waals surface area contributed by atoms with Crippen LogP contribution in [0.3, 0.4) is 0 Å². The summed E-state index contributed by atoms with van der Waals surface area (Å²) in [5.41, 5.74) is 13.7. The number of hydrogen-bond acceptors (Lipinski definition) is 1. The van der Waals surface area contributed by atoms with Crippen molar-refractivity contribution < 1.29 is 0 Å². The molecule has 1 aliphatic carbocycles. The van der Waals surface area contributed by atoms with Gasteiger partial charge in [0.15, 0.2) is 0 Å². The Morgan fingerprint density at radius 1 is 0.455 bits per heavy atom. The highest BCUT2D eigenvalue weighted by atomic mass is 15.1. The van der Waals surface area contributed by atoms with Gasteiger partial charge >= 0.3 is 0 Å². The standard InChI is InChI=1S/C54H49N/c1-54(2,3)43-34-35-52(50(37-43)40-20-8-5-9-21-40)55(44-27-14-26-42(36-44)46-30-15-23-38-22-10-11-28-45(38)46)51-33-13-12-29-48(51)49-32-17-25-41-24-16-31-47(53(41)49)39-18-6-4-7-19-39/h5,8-17,20-37,39H,4,6-7,18-19H2,1-3H3. The molecule has 0 bridgehead atoms. The maximum Gasteiger partial charge on any atom is 0.0540 e. The fraction of sp³-hybridized carbons (Fsp3) is 0.185. The monoisotopic (exact) mass is 711 g/mol. The molecule has 0 heterocycles. The van der Waals surface area contributed by atoms with Crippen molar-refractivity contribution in [3.05, 3.63) is 187 Å². The van der Waals surface area contributed by atoms with Crippen LogP contribution in [0.15, 0.2) is 176 Å². The Kier molecular flexibility index (Phi) is 9.32. The van der Waals surface area contributed by atoms with Crippen LogP contribution in [-0.2, 0) is 5.41 Å². The third-order valence-electron chi connectivity index (χ3n) is 11.8. The molecule has 0 spiro atoms. The van der Waals surface area contributed by atoms with Crippen molar-refractivity contribution in [1.29, 1.82) is 0 Å². The van der Waals surface area contributed by atoms with Crippen LogP contribution in [0.2, 0.25) is 0 Å². The van der Waals surface area contributed by atoms with Gasteiger partial charge in [0.05, 0.1) is 11.4 Å². The van der Waals surface area contributed by atoms with Gasteiger partial charge in [-0.15, -0.1) is 0 Å². The molecule has 1 nitrogen and oxygen atoms in total. The molecule has 0 aliphatic heterocycles. The number of rotatable bonds is 7. The molecule has 0 unspecified atom stereocenters. The van der Waals surface area contributed by atoms with Crippen LogP contribution >= 0.6 is 0 Å². The summed E-state index contributed by atoms with van der Waals surface area (Å²) in [7, 11) is 0. The van der Waals surface area contributed by atoms with Gasteiger partial charge in [0.1, 0.15) is 0 Å². The second-order valence-electron chi connectivity index (χ2n) is 16.4. The first kappa shape index (κ1) is 34.8. The van der Waals surface area contributed by atoms with Crippen molar-refractivity contribution in [1.82, 2.24) is 0 Å². The zero-order valence-electron chi connectivity index (χ0n) is 32.3. The van der Waals surface area contributed by atoms with Crippen LogP contribution in [0.5, 0.6) is 0 Å². The quantitative estimate of drug-likeness (QED) is 0.159. The molecule has 8 aromatic rings. The highest BCUT2D eigenvalue weighted by Crippen LogP contribution is 2.49. The number of benzene rings is 8. The molecular formula is C54H49N. The Morgan fingerprint density at radius 3 is 1.89 bits per heavy atom. The summed E-state index contributed by atoms with van der Waals surface area (Å²) in [4.78, 5) is 2.53. The molecule has 270 valence electrons. The van der Waals surface area contributed by atoms with E-state index in [0.717, 1.165) is 11.4 Å². The third-order valence-corrected chi connectivity index (χ3v) is 11.8. The molecule has 1 saturated carbocycles. The average Bonchev–Trinajstić information content (AvgIpc) is 3.24. The van der Waals surface area contributed by atoms with Crippen molar-refractivity contribution in [2.75, 3.05) is 4.90 Å². The molecular weight excluding hydrogens is 663 g/mol. The lowest BCUT2D eigenvalue weighted by atomic mass is 9.80. The maximum atomic E-state index is 2.53. The molecule has 0 saturated heterocycles. The van der Waals surface area contributed by atoms with Crippen LogP contribution in [0, 0.1) is 0 Å². The van der Waals surface area contributed by atoms with Crippen molar-refractivity contribution in [2.24, 2.45) is 0 Å². The molecule has 1 aliphatic rings. The van der Waals surface area contributed by atoms with E-state index in [1.807, 2.05) is 0 Å². The minimum absolute atomic E-state index is 0.00243. The predicted molar refractivity (Wildman–Crippen MR) is 237 cm³/mol. The van der Waals surface area contributed by atoms with Gasteiger partial charge in [0.2, 0.25) is 0 Å². The van der Waals surface area contributed by atoms with E-state index >= 15 is 0 Å². The molecule has 9 rings (SSSR count). The van der Waals surface area contributed by atoms with Gasteiger partial charge in [-0.25, -0.2) is 0 Å². The average molecular weight is 712 g/mol. The van der Waals surface area contributed by atoms with Crippen LogP contribution in [0.25, 0.3) is 54.9 Å². The molecule has 0 radical (unpaired) electrons. The van der Waals surface area contributed by atoms with E-state index < -0.39 is 0 Å². The minimum Gasteiger partial charge on any atom is -0.309 e. The van der Waals surface area contributed by atoms with Gasteiger partial charge in [-0.2, -0.15) is 0 Å². The highest BCUT2D eigenvalue weighted by Gasteiger charge is 2.25. The molecule has 1 heteroatoms. The van der Waals surface area contributed by atoms with Crippen molar-refractivity contribution in [2.45, 2.75) is 64.2 Å². The molecule has 0 N–H and O–H groups in total. The molecule has 55 heavy (non-hydrogen) atoms. The SMILES string of the molecule is CC(C)(C)c1ccc(N(c2cccc(-c3cccc4ccccc34)c2)c2ccccc2-c2cccc3cccc(C4CCCCC4)c23)c(-c2ccccc2)c1. The van der Waals surface area contributed by atoms with E-state index in [1.165, 1.54) is 104 Å². The lowest BCUT2D eigenvalue weighted by molar-refractivity contribution is 0.445. The fourth-order valence-corrected chi connectivity index (χ4v) is 8.99. The summed E-state index contributed by atoms with van der Waals surface area (Å²) < 4.78 is 0. The second kappa shape index (κ2) is 14.7. The Hall–Kier alpha value is -5.92. The summed E-state index contributed by atoms with van der Waals surface area (Å²) in [5.74, 6) is 0.592. The van der Waals surface area contributed by atoms with E-state index in [4.69, 9.17) is 0 Å². The minimum atomic E-state index is -0.00243. The van der Waals surface area contributed by atoms with E-state index in [0.29, 0.717) is 5.92 Å². The van der Waals surface area contributed by atoms with Crippen LogP contribution in [0.4, 0.5) is 17.1 Å². The first-order valence-corrected chi connectivity index (χ1v) is 20.1. The van der Waals surface area contributed by atoms with Gasteiger partial charge in [0, 0.05) is 16.8 Å². The zero-order valence-corrected chi connectivity index (χ0v) is 32.3. The summed E-state index contributed by atoms with van der Waals surface area (Å²) in [6.45, 7) is 6.92. The molecule has 0 aromatic heterocycles. The van der Waals surface area contributed by atoms with Gasteiger partial charge < -0.3 is 4.90 Å². The van der Waals surface area contributed by atoms with Crippen molar-refractivity contribution >= 4 is 38.6 Å². The van der Waals surface area contributed by atoms with Gasteiger partial charge in [0.25, 0.3) is 0 Å². The predicted octanol–water partition coefficient (Wildman–Crippen LogP) is 15.8. The molecule has 0 atom stereocenters. The number of anilines is 3. The topological polar surface area (TPSA) is 3.24 Å². The highest BCUT2D eigenvalue weighted by molar-refractivity contribution is 6.04. The van der Waals surface area contributed by atoms with Crippen LogP contribution in [-0.4, -0.2) is 0 Å². The second-order valence-corrected chi connectivity index (χ2v) is 16.4. The zero-order chi connectivity index (χ0) is 37.4. The van der Waals surface area contributed by atoms with E-state index in [2.05, 4.69) is 202 Å². The number of para-hydroxylation sites is 1. The van der Waals surface area contributed by atoms with Crippen molar-refractivity contribution in [3.8, 4) is 33.4 Å². The van der Waals surface area contributed by atoms with Gasteiger partial charge in [-0.3, -0.25) is 0 Å². The van der Waals surface area contributed by atoms with Crippen molar-refractivity contribution in [3.63, 3.8) is 0 Å². The Morgan fingerprint density at radius 2 is 1.07 bits per heavy atom. The lowest BCUT2D eigenvalue weighted by Gasteiger charge is -2.32. The fourth-order valence-electron chi connectivity index (χ4n) is 8.99. The van der Waals surface area contributed by atoms with E-state index in [-0.39, 0.29) is 5.41 Å². The van der Waals surface area contributed by atoms with Crippen LogP contribution in [0.1, 0.15) is 69.9 Å². The maximum absolute atomic E-state index is 2.53. The normalized spacial score (nSPS) is 13.7. The summed E-state index contributed by atoms with van der Waals surface area (Å²) >= 11 is 0. The number of hydrogen-bond donors (Lipinski definition) is 0. The molecule has 1 fully saturated rings. The Labute approximate surface area is 326 Å². The number of fused-ring (bicyclic) bond motifs is 2. The van der Waals surface area contributed by atoms with Gasteiger partial charge in [-0.05, 0) is 109 Å². The largest absolute Gasteiger partial charge is 0.309 e. The number of nitrogens with zero attached hydrogens (tertiary/aromatic N) is 1. The molecule has 8 aromatic carbocycles. The Balaban J connectivity index is 1.32. The smallest absolute Gasteiger partial charge is 0.0540 e. The first-order valence-electron chi connectivity index (χ1n) is 20.1. The summed E-state index contributed by atoms with van der Waals surface area (Å²) in [6, 6.07) is 65.6. The summed E-state index contributed by atoms with van der Waals surface area (Å²) in [5, 5.41) is 5.24. The van der Waals surface area contributed by atoms with Gasteiger partial charge in [-0.1, -0.05) is 186 Å². The summed E-state index contributed by atoms with van der Waals surface area (Å²) in [6.07, 6.45) is 6.51. The Bertz CT molecular complexity index is 2610. The van der Waals surface area contributed by atoms with E-state index in [1.54, 1.807) is 0 Å². The van der Waals surface area contributed by atoms with E-state index in [9.17, 15) is 0 Å². The first-order chi connectivity index (χ1) is 26.9. The van der Waals surface area contributed by atoms with Crippen LogP contribution < -0.4 is 4.90 Å².